The van der Waals surface area contributed by atoms with E-state index in [-0.39, 0.29) is 23.7 Å². The summed E-state index contributed by atoms with van der Waals surface area (Å²) in [6.45, 7) is 7.67. The second kappa shape index (κ2) is 10.4. The zero-order valence-electron chi connectivity index (χ0n) is 19.1. The number of nitrogens with zero attached hydrogens (tertiary/aromatic N) is 2. The second-order valence-corrected chi connectivity index (χ2v) is 10.2. The lowest BCUT2D eigenvalue weighted by molar-refractivity contribution is -0.142. The van der Waals surface area contributed by atoms with Gasteiger partial charge in [-0.2, -0.15) is 4.31 Å². The number of carbonyl (C=O) groups excluding carboxylic acids is 2. The molecule has 1 aliphatic rings. The van der Waals surface area contributed by atoms with Gasteiger partial charge in [0.1, 0.15) is 0 Å². The highest BCUT2D eigenvalue weighted by molar-refractivity contribution is 7.89. The first-order valence-corrected chi connectivity index (χ1v) is 12.6. The molecule has 1 aromatic carbocycles. The molecule has 0 saturated carbocycles. The molecule has 1 aromatic heterocycles. The number of benzene rings is 1. The predicted octanol–water partition coefficient (Wildman–Crippen LogP) is 3.66. The molecule has 0 spiro atoms. The minimum atomic E-state index is -3.44. The average molecular weight is 461 g/mol. The Hall–Kier alpha value is -2.45. The molecular weight excluding hydrogens is 428 g/mol. The first-order chi connectivity index (χ1) is 15.2. The lowest BCUT2D eigenvalue weighted by Gasteiger charge is -2.15. The summed E-state index contributed by atoms with van der Waals surface area (Å²) in [6, 6.07) is 8.47. The van der Waals surface area contributed by atoms with Crippen LogP contribution < -0.4 is 0 Å². The third-order valence-corrected chi connectivity index (χ3v) is 7.84. The van der Waals surface area contributed by atoms with Crippen molar-refractivity contribution < 1.29 is 22.7 Å². The molecule has 1 fully saturated rings. The maximum atomic E-state index is 12.6. The van der Waals surface area contributed by atoms with Crippen molar-refractivity contribution in [3.05, 3.63) is 52.8 Å². The van der Waals surface area contributed by atoms with E-state index in [0.717, 1.165) is 42.8 Å². The molecule has 0 atom stereocenters. The second-order valence-electron chi connectivity index (χ2n) is 8.28. The molecule has 2 aromatic rings. The fraction of sp³-hybridized carbons (Fsp3) is 0.500. The van der Waals surface area contributed by atoms with Gasteiger partial charge < -0.3 is 9.30 Å². The highest BCUT2D eigenvalue weighted by Gasteiger charge is 2.27. The summed E-state index contributed by atoms with van der Waals surface area (Å²) in [5, 5.41) is 0. The normalized spacial score (nSPS) is 14.6. The Bertz CT molecular complexity index is 1060. The Morgan fingerprint density at radius 2 is 1.72 bits per heavy atom. The molecule has 7 nitrogen and oxygen atoms in total. The first kappa shape index (κ1) is 24.2. The number of ketones is 1. The molecule has 1 aliphatic heterocycles. The molecule has 0 unspecified atom stereocenters. The van der Waals surface area contributed by atoms with Crippen LogP contribution in [0.1, 0.15) is 59.9 Å². The molecule has 174 valence electrons. The minimum absolute atomic E-state index is 0.125. The number of esters is 1. The van der Waals surface area contributed by atoms with E-state index in [4.69, 9.17) is 4.74 Å². The third kappa shape index (κ3) is 5.48. The van der Waals surface area contributed by atoms with Gasteiger partial charge >= 0.3 is 5.97 Å². The molecule has 3 rings (SSSR count). The fourth-order valence-corrected chi connectivity index (χ4v) is 5.62. The van der Waals surface area contributed by atoms with Gasteiger partial charge in [0.25, 0.3) is 0 Å². The van der Waals surface area contributed by atoms with E-state index in [9.17, 15) is 18.0 Å². The van der Waals surface area contributed by atoms with Crippen molar-refractivity contribution in [3.63, 3.8) is 0 Å². The van der Waals surface area contributed by atoms with Crippen LogP contribution in [0, 0.1) is 13.8 Å². The van der Waals surface area contributed by atoms with Gasteiger partial charge in [0.05, 0.1) is 4.90 Å². The highest BCUT2D eigenvalue weighted by Crippen LogP contribution is 2.21. The van der Waals surface area contributed by atoms with Crippen LogP contribution in [0.25, 0.3) is 0 Å². The van der Waals surface area contributed by atoms with E-state index in [1.54, 1.807) is 24.3 Å². The van der Waals surface area contributed by atoms with Gasteiger partial charge in [-0.3, -0.25) is 9.59 Å². The summed E-state index contributed by atoms with van der Waals surface area (Å²) in [7, 11) is -3.44. The van der Waals surface area contributed by atoms with Crippen molar-refractivity contribution in [2.24, 2.45) is 0 Å². The number of ether oxygens (including phenoxy) is 1. The maximum Gasteiger partial charge on any atom is 0.306 e. The summed E-state index contributed by atoms with van der Waals surface area (Å²) in [5.74, 6) is -0.653. The zero-order chi connectivity index (χ0) is 23.3. The van der Waals surface area contributed by atoms with Crippen LogP contribution in [0.15, 0.2) is 35.2 Å². The van der Waals surface area contributed by atoms with Gasteiger partial charge in [-0.15, -0.1) is 0 Å². The number of hydrogen-bond acceptors (Lipinski definition) is 5. The summed E-state index contributed by atoms with van der Waals surface area (Å²) in [6.07, 6.45) is 3.31. The van der Waals surface area contributed by atoms with Gasteiger partial charge in [-0.1, -0.05) is 19.1 Å². The molecule has 32 heavy (non-hydrogen) atoms. The Kier molecular flexibility index (Phi) is 7.90. The molecule has 2 heterocycles. The minimum Gasteiger partial charge on any atom is -0.457 e. The molecule has 0 radical (unpaired) electrons. The van der Waals surface area contributed by atoms with Gasteiger partial charge in [-0.05, 0) is 63.3 Å². The van der Waals surface area contributed by atoms with Crippen LogP contribution in [-0.4, -0.2) is 48.7 Å². The highest BCUT2D eigenvalue weighted by atomic mass is 32.2. The molecule has 0 amide bonds. The summed E-state index contributed by atoms with van der Waals surface area (Å²) < 4.78 is 34.0. The Labute approximate surface area is 190 Å². The number of rotatable bonds is 10. The molecule has 0 N–H and O–H groups in total. The SMILES string of the molecule is CCCn1c(C)cc(C(=O)COC(=O)CCc2ccc(S(=O)(=O)N3CCCC3)cc2)c1C. The van der Waals surface area contributed by atoms with Crippen molar-refractivity contribution in [3.8, 4) is 0 Å². The van der Waals surface area contributed by atoms with E-state index >= 15 is 0 Å². The number of aryl methyl sites for hydroxylation is 2. The summed E-state index contributed by atoms with van der Waals surface area (Å²) in [5.41, 5.74) is 3.36. The van der Waals surface area contributed by atoms with E-state index in [1.165, 1.54) is 4.31 Å². The number of carbonyl (C=O) groups is 2. The molecule has 0 aliphatic carbocycles. The smallest absolute Gasteiger partial charge is 0.306 e. The van der Waals surface area contributed by atoms with Gasteiger partial charge in [0.15, 0.2) is 6.61 Å². The number of hydrogen-bond donors (Lipinski definition) is 0. The summed E-state index contributed by atoms with van der Waals surface area (Å²) in [4.78, 5) is 24.9. The molecule has 0 bridgehead atoms. The van der Waals surface area contributed by atoms with Crippen LogP contribution in [0.5, 0.6) is 0 Å². The van der Waals surface area contributed by atoms with E-state index in [0.29, 0.717) is 25.1 Å². The van der Waals surface area contributed by atoms with Crippen LogP contribution in [-0.2, 0) is 32.5 Å². The molecule has 1 saturated heterocycles. The Morgan fingerprint density at radius 1 is 1.06 bits per heavy atom. The van der Waals surface area contributed by atoms with Crippen LogP contribution >= 0.6 is 0 Å². The average Bonchev–Trinajstić information content (AvgIpc) is 3.42. The van der Waals surface area contributed by atoms with Crippen molar-refractivity contribution in [1.82, 2.24) is 8.87 Å². The topological polar surface area (TPSA) is 85.7 Å². The molecular formula is C24H32N2O5S. The van der Waals surface area contributed by atoms with E-state index in [2.05, 4.69) is 11.5 Å². The summed E-state index contributed by atoms with van der Waals surface area (Å²) >= 11 is 0. The largest absolute Gasteiger partial charge is 0.457 e. The third-order valence-electron chi connectivity index (χ3n) is 5.93. The standard InChI is InChI=1S/C24H32N2O5S/c1-4-13-26-18(2)16-22(19(26)3)23(27)17-31-24(28)12-9-20-7-10-21(11-8-20)32(29,30)25-14-5-6-15-25/h7-8,10-11,16H,4-6,9,12-15,17H2,1-3H3. The van der Waals surface area contributed by atoms with Crippen LogP contribution in [0.3, 0.4) is 0 Å². The lowest BCUT2D eigenvalue weighted by Crippen LogP contribution is -2.27. The van der Waals surface area contributed by atoms with Gasteiger partial charge in [-0.25, -0.2) is 8.42 Å². The number of Topliss-reactive ketones (excluding diaryl/α,β-unsaturated/α-hetero) is 1. The van der Waals surface area contributed by atoms with Crippen molar-refractivity contribution in [2.75, 3.05) is 19.7 Å². The van der Waals surface area contributed by atoms with Crippen LogP contribution in [0.2, 0.25) is 0 Å². The van der Waals surface area contributed by atoms with Gasteiger partial charge in [0, 0.05) is 43.0 Å². The fourth-order valence-electron chi connectivity index (χ4n) is 4.10. The predicted molar refractivity (Wildman–Crippen MR) is 122 cm³/mol. The van der Waals surface area contributed by atoms with Crippen LogP contribution in [0.4, 0.5) is 0 Å². The van der Waals surface area contributed by atoms with E-state index < -0.39 is 16.0 Å². The van der Waals surface area contributed by atoms with Gasteiger partial charge in [0.2, 0.25) is 15.8 Å². The van der Waals surface area contributed by atoms with Crippen molar-refractivity contribution >= 4 is 21.8 Å². The Balaban J connectivity index is 1.50. The van der Waals surface area contributed by atoms with Crippen molar-refractivity contribution in [2.45, 2.75) is 64.3 Å². The Morgan fingerprint density at radius 3 is 2.34 bits per heavy atom. The number of aromatic nitrogens is 1. The quantitative estimate of drug-likeness (QED) is 0.399. The van der Waals surface area contributed by atoms with E-state index in [1.807, 2.05) is 19.9 Å². The lowest BCUT2D eigenvalue weighted by atomic mass is 10.1. The first-order valence-electron chi connectivity index (χ1n) is 11.2. The zero-order valence-corrected chi connectivity index (χ0v) is 19.9. The molecule has 8 heteroatoms. The number of sulfonamides is 1. The maximum absolute atomic E-state index is 12.6. The van der Waals surface area contributed by atoms with Crippen molar-refractivity contribution in [1.29, 1.82) is 0 Å². The monoisotopic (exact) mass is 460 g/mol.